The molecule has 0 aromatic heterocycles. The third-order valence-corrected chi connectivity index (χ3v) is 3.50. The molecule has 0 radical (unpaired) electrons. The molecule has 0 bridgehead atoms. The molecule has 0 saturated carbocycles. The average molecular weight is 310 g/mol. The lowest BCUT2D eigenvalue weighted by atomic mass is 10.1. The van der Waals surface area contributed by atoms with Gasteiger partial charge in [0.2, 0.25) is 0 Å². The van der Waals surface area contributed by atoms with E-state index in [4.69, 9.17) is 0 Å². The largest absolute Gasteiger partial charge is 0.295 e. The SMILES string of the molecule is C=CCN(CCCCCC)Cc1cccc(Br)c1. The fraction of sp³-hybridized carbons (Fsp3) is 0.500. The lowest BCUT2D eigenvalue weighted by Gasteiger charge is -2.20. The van der Waals surface area contributed by atoms with Gasteiger partial charge in [0.05, 0.1) is 0 Å². The van der Waals surface area contributed by atoms with E-state index in [1.807, 2.05) is 6.08 Å². The maximum atomic E-state index is 3.85. The summed E-state index contributed by atoms with van der Waals surface area (Å²) in [5.41, 5.74) is 1.36. The number of hydrogen-bond donors (Lipinski definition) is 0. The average Bonchev–Trinajstić information content (AvgIpc) is 2.35. The number of unbranched alkanes of at least 4 members (excludes halogenated alkanes) is 3. The number of rotatable bonds is 9. The first kappa shape index (κ1) is 15.5. The zero-order valence-corrected chi connectivity index (χ0v) is 13.0. The van der Waals surface area contributed by atoms with Crippen molar-refractivity contribution in [1.82, 2.24) is 4.90 Å². The monoisotopic (exact) mass is 309 g/mol. The molecule has 18 heavy (non-hydrogen) atoms. The van der Waals surface area contributed by atoms with Gasteiger partial charge in [-0.15, -0.1) is 6.58 Å². The minimum atomic E-state index is 0.971. The summed E-state index contributed by atoms with van der Waals surface area (Å²) in [5.74, 6) is 0. The summed E-state index contributed by atoms with van der Waals surface area (Å²) in [7, 11) is 0. The van der Waals surface area contributed by atoms with Gasteiger partial charge in [-0.2, -0.15) is 0 Å². The van der Waals surface area contributed by atoms with Gasteiger partial charge in [0.25, 0.3) is 0 Å². The highest BCUT2D eigenvalue weighted by Gasteiger charge is 2.04. The minimum Gasteiger partial charge on any atom is -0.295 e. The normalized spacial score (nSPS) is 10.8. The van der Waals surface area contributed by atoms with Gasteiger partial charge in [0.15, 0.2) is 0 Å². The van der Waals surface area contributed by atoms with Gasteiger partial charge in [0, 0.05) is 17.6 Å². The Morgan fingerprint density at radius 1 is 1.28 bits per heavy atom. The van der Waals surface area contributed by atoms with E-state index in [0.717, 1.165) is 17.6 Å². The third-order valence-electron chi connectivity index (χ3n) is 3.01. The molecule has 2 heteroatoms. The Morgan fingerprint density at radius 3 is 2.78 bits per heavy atom. The van der Waals surface area contributed by atoms with E-state index in [9.17, 15) is 0 Å². The van der Waals surface area contributed by atoms with Crippen molar-refractivity contribution >= 4 is 15.9 Å². The predicted octanol–water partition coefficient (Wildman–Crippen LogP) is 5.02. The van der Waals surface area contributed by atoms with E-state index >= 15 is 0 Å². The van der Waals surface area contributed by atoms with E-state index in [2.05, 4.69) is 58.6 Å². The molecule has 0 aliphatic rings. The van der Waals surface area contributed by atoms with Gasteiger partial charge >= 0.3 is 0 Å². The van der Waals surface area contributed by atoms with Gasteiger partial charge < -0.3 is 0 Å². The molecule has 0 atom stereocenters. The van der Waals surface area contributed by atoms with E-state index in [1.165, 1.54) is 37.8 Å². The molecule has 0 fully saturated rings. The molecule has 0 aliphatic heterocycles. The van der Waals surface area contributed by atoms with Crippen LogP contribution in [0.1, 0.15) is 38.2 Å². The van der Waals surface area contributed by atoms with Crippen LogP contribution in [-0.2, 0) is 6.54 Å². The van der Waals surface area contributed by atoms with E-state index in [1.54, 1.807) is 0 Å². The van der Waals surface area contributed by atoms with Crippen LogP contribution in [0.4, 0.5) is 0 Å². The Hall–Kier alpha value is -0.600. The van der Waals surface area contributed by atoms with Crippen molar-refractivity contribution in [2.24, 2.45) is 0 Å². The summed E-state index contributed by atoms with van der Waals surface area (Å²) in [4.78, 5) is 2.46. The van der Waals surface area contributed by atoms with E-state index < -0.39 is 0 Å². The molecule has 0 spiro atoms. The van der Waals surface area contributed by atoms with Crippen molar-refractivity contribution < 1.29 is 0 Å². The molecule has 0 saturated heterocycles. The second-order valence-corrected chi connectivity index (χ2v) is 5.63. The fourth-order valence-corrected chi connectivity index (χ4v) is 2.52. The fourth-order valence-electron chi connectivity index (χ4n) is 2.07. The highest BCUT2D eigenvalue weighted by atomic mass is 79.9. The Morgan fingerprint density at radius 2 is 2.11 bits per heavy atom. The first-order chi connectivity index (χ1) is 8.76. The third kappa shape index (κ3) is 6.36. The lowest BCUT2D eigenvalue weighted by Crippen LogP contribution is -2.24. The molecule has 0 heterocycles. The molecular formula is C16H24BrN. The number of benzene rings is 1. The Kier molecular flexibility index (Phi) is 8.03. The van der Waals surface area contributed by atoms with Crippen molar-refractivity contribution in [3.05, 3.63) is 47.0 Å². The second kappa shape index (κ2) is 9.35. The van der Waals surface area contributed by atoms with Crippen LogP contribution in [0.15, 0.2) is 41.4 Å². The van der Waals surface area contributed by atoms with E-state index in [-0.39, 0.29) is 0 Å². The highest BCUT2D eigenvalue weighted by molar-refractivity contribution is 9.10. The highest BCUT2D eigenvalue weighted by Crippen LogP contribution is 2.14. The maximum Gasteiger partial charge on any atom is 0.0237 e. The lowest BCUT2D eigenvalue weighted by molar-refractivity contribution is 0.286. The molecule has 1 rings (SSSR count). The summed E-state index contributed by atoms with van der Waals surface area (Å²) in [6.07, 6.45) is 7.27. The van der Waals surface area contributed by atoms with E-state index in [0.29, 0.717) is 0 Å². The quantitative estimate of drug-likeness (QED) is 0.457. The molecule has 0 amide bonds. The van der Waals surface area contributed by atoms with Crippen LogP contribution in [0.25, 0.3) is 0 Å². The first-order valence-electron chi connectivity index (χ1n) is 6.84. The first-order valence-corrected chi connectivity index (χ1v) is 7.63. The Labute approximate surface area is 120 Å². The molecule has 1 aromatic rings. The molecule has 100 valence electrons. The number of nitrogens with zero attached hydrogens (tertiary/aromatic N) is 1. The van der Waals surface area contributed by atoms with Crippen molar-refractivity contribution in [2.45, 2.75) is 39.2 Å². The van der Waals surface area contributed by atoms with Crippen molar-refractivity contribution in [3.63, 3.8) is 0 Å². The van der Waals surface area contributed by atoms with Crippen LogP contribution in [0.3, 0.4) is 0 Å². The topological polar surface area (TPSA) is 3.24 Å². The molecule has 1 aromatic carbocycles. The van der Waals surface area contributed by atoms with Gasteiger partial charge in [-0.3, -0.25) is 4.90 Å². The zero-order valence-electron chi connectivity index (χ0n) is 11.4. The molecule has 1 nitrogen and oxygen atoms in total. The van der Waals surface area contributed by atoms with Crippen molar-refractivity contribution in [2.75, 3.05) is 13.1 Å². The summed E-state index contributed by atoms with van der Waals surface area (Å²) in [6.45, 7) is 9.25. The summed E-state index contributed by atoms with van der Waals surface area (Å²) in [5, 5.41) is 0. The van der Waals surface area contributed by atoms with Crippen molar-refractivity contribution in [1.29, 1.82) is 0 Å². The smallest absolute Gasteiger partial charge is 0.0237 e. The van der Waals surface area contributed by atoms with Crippen LogP contribution < -0.4 is 0 Å². The molecule has 0 aliphatic carbocycles. The van der Waals surface area contributed by atoms with Crippen LogP contribution in [0.5, 0.6) is 0 Å². The van der Waals surface area contributed by atoms with Crippen LogP contribution in [0.2, 0.25) is 0 Å². The van der Waals surface area contributed by atoms with Crippen LogP contribution >= 0.6 is 15.9 Å². The van der Waals surface area contributed by atoms with Gasteiger partial charge in [0.1, 0.15) is 0 Å². The molecule has 0 N–H and O–H groups in total. The predicted molar refractivity (Wildman–Crippen MR) is 83.8 cm³/mol. The molecular weight excluding hydrogens is 286 g/mol. The standard InChI is InChI=1S/C16H24BrN/c1-3-5-6-7-12-18(11-4-2)14-15-9-8-10-16(17)13-15/h4,8-10,13H,2-3,5-7,11-12,14H2,1H3. The zero-order chi connectivity index (χ0) is 13.2. The Bertz CT molecular complexity index is 349. The van der Waals surface area contributed by atoms with Crippen LogP contribution in [0, 0.1) is 0 Å². The second-order valence-electron chi connectivity index (χ2n) is 4.71. The van der Waals surface area contributed by atoms with Crippen LogP contribution in [-0.4, -0.2) is 18.0 Å². The summed E-state index contributed by atoms with van der Waals surface area (Å²) >= 11 is 3.53. The van der Waals surface area contributed by atoms with Crippen molar-refractivity contribution in [3.8, 4) is 0 Å². The summed E-state index contributed by atoms with van der Waals surface area (Å²) < 4.78 is 1.16. The minimum absolute atomic E-state index is 0.971. The van der Waals surface area contributed by atoms with Gasteiger partial charge in [-0.1, -0.05) is 60.3 Å². The summed E-state index contributed by atoms with van der Waals surface area (Å²) in [6, 6.07) is 8.56. The molecule has 0 unspecified atom stereocenters. The van der Waals surface area contributed by atoms with Gasteiger partial charge in [-0.05, 0) is 30.7 Å². The number of halogens is 1. The maximum absolute atomic E-state index is 3.85. The number of hydrogen-bond acceptors (Lipinski definition) is 1. The van der Waals surface area contributed by atoms with Gasteiger partial charge in [-0.25, -0.2) is 0 Å². The Balaban J connectivity index is 2.43.